The van der Waals surface area contributed by atoms with Crippen molar-refractivity contribution >= 4 is 6.09 Å². The number of piperidine rings is 2. The maximum atomic E-state index is 12.0. The van der Waals surface area contributed by atoms with Gasteiger partial charge in [-0.3, -0.25) is 0 Å². The molecule has 122 valence electrons. The molecule has 0 spiro atoms. The van der Waals surface area contributed by atoms with Crippen LogP contribution < -0.4 is 5.32 Å². The van der Waals surface area contributed by atoms with E-state index in [9.17, 15) is 9.90 Å². The lowest BCUT2D eigenvalue weighted by Gasteiger charge is -2.41. The minimum Gasteiger partial charge on any atom is -0.444 e. The van der Waals surface area contributed by atoms with E-state index in [2.05, 4.69) is 5.32 Å². The van der Waals surface area contributed by atoms with Crippen molar-refractivity contribution < 1.29 is 14.6 Å². The van der Waals surface area contributed by atoms with Crippen molar-refractivity contribution in [2.45, 2.75) is 64.1 Å². The fourth-order valence-electron chi connectivity index (χ4n) is 3.27. The van der Waals surface area contributed by atoms with Crippen LogP contribution in [-0.4, -0.2) is 53.5 Å². The Bertz CT molecular complexity index is 351. The number of rotatable bonds is 2. The van der Waals surface area contributed by atoms with E-state index in [1.165, 1.54) is 12.8 Å². The fourth-order valence-corrected chi connectivity index (χ4v) is 3.27. The average molecular weight is 298 g/mol. The van der Waals surface area contributed by atoms with Crippen molar-refractivity contribution in [2.24, 2.45) is 5.92 Å². The predicted molar refractivity (Wildman–Crippen MR) is 82.2 cm³/mol. The number of likely N-dealkylation sites (tertiary alicyclic amines) is 1. The van der Waals surface area contributed by atoms with Crippen LogP contribution in [0.5, 0.6) is 0 Å². The van der Waals surface area contributed by atoms with E-state index in [-0.39, 0.29) is 6.09 Å². The topological polar surface area (TPSA) is 61.8 Å². The number of carbonyl (C=O) groups is 1. The summed E-state index contributed by atoms with van der Waals surface area (Å²) in [7, 11) is 0. The Balaban J connectivity index is 1.80. The molecule has 2 aliphatic rings. The second kappa shape index (κ2) is 6.53. The molecule has 0 aliphatic carbocycles. The molecule has 21 heavy (non-hydrogen) atoms. The Labute approximate surface area is 128 Å². The molecular weight excluding hydrogens is 268 g/mol. The van der Waals surface area contributed by atoms with Crippen molar-refractivity contribution in [3.05, 3.63) is 0 Å². The third-order valence-corrected chi connectivity index (χ3v) is 4.41. The Hall–Kier alpha value is -0.810. The van der Waals surface area contributed by atoms with Gasteiger partial charge in [-0.2, -0.15) is 0 Å². The molecule has 0 aromatic carbocycles. The maximum absolute atomic E-state index is 12.0. The number of hydrogen-bond acceptors (Lipinski definition) is 4. The van der Waals surface area contributed by atoms with E-state index < -0.39 is 11.2 Å². The summed E-state index contributed by atoms with van der Waals surface area (Å²) < 4.78 is 5.39. The molecule has 2 N–H and O–H groups in total. The van der Waals surface area contributed by atoms with Crippen LogP contribution in [0.3, 0.4) is 0 Å². The summed E-state index contributed by atoms with van der Waals surface area (Å²) in [5, 5.41) is 14.1. The molecule has 2 aliphatic heterocycles. The van der Waals surface area contributed by atoms with E-state index >= 15 is 0 Å². The second-order valence-electron chi connectivity index (χ2n) is 7.61. The number of carbonyl (C=O) groups excluding carboxylic acids is 1. The lowest BCUT2D eigenvalue weighted by molar-refractivity contribution is -0.0467. The van der Waals surface area contributed by atoms with E-state index in [1.807, 2.05) is 20.8 Å². The number of aliphatic hydroxyl groups is 1. The third kappa shape index (κ3) is 5.15. The quantitative estimate of drug-likeness (QED) is 0.820. The van der Waals surface area contributed by atoms with Crippen LogP contribution in [-0.2, 0) is 4.74 Å². The molecule has 0 aromatic heterocycles. The van der Waals surface area contributed by atoms with Crippen LogP contribution in [0.25, 0.3) is 0 Å². The highest BCUT2D eigenvalue weighted by molar-refractivity contribution is 5.68. The summed E-state index contributed by atoms with van der Waals surface area (Å²) in [6, 6.07) is 0. The molecule has 0 unspecified atom stereocenters. The normalized spacial score (nSPS) is 26.5. The molecule has 1 amide bonds. The molecule has 2 saturated heterocycles. The molecule has 0 radical (unpaired) electrons. The predicted octanol–water partition coefficient (Wildman–Crippen LogP) is 2.14. The summed E-state index contributed by atoms with van der Waals surface area (Å²) in [5.41, 5.74) is -1.07. The molecule has 0 aromatic rings. The van der Waals surface area contributed by atoms with Crippen molar-refractivity contribution in [3.63, 3.8) is 0 Å². The van der Waals surface area contributed by atoms with Crippen molar-refractivity contribution in [1.82, 2.24) is 10.2 Å². The Morgan fingerprint density at radius 3 is 2.57 bits per heavy atom. The van der Waals surface area contributed by atoms with Crippen molar-refractivity contribution in [2.75, 3.05) is 26.2 Å². The standard InChI is InChI=1S/C16H30N2O3/c1-15(2,3)21-14(19)18-9-6-16(20,7-10-18)11-13-5-4-8-17-12-13/h13,17,20H,4-12H2,1-3H3/t13-/m0/s1. The molecule has 2 rings (SSSR count). The summed E-state index contributed by atoms with van der Waals surface area (Å²) in [6.45, 7) is 8.92. The van der Waals surface area contributed by atoms with E-state index in [4.69, 9.17) is 4.74 Å². The van der Waals surface area contributed by atoms with Crippen molar-refractivity contribution in [1.29, 1.82) is 0 Å². The van der Waals surface area contributed by atoms with E-state index in [0.717, 1.165) is 19.5 Å². The van der Waals surface area contributed by atoms with Gasteiger partial charge in [-0.05, 0) is 71.9 Å². The summed E-state index contributed by atoms with van der Waals surface area (Å²) in [4.78, 5) is 13.7. The molecule has 0 saturated carbocycles. The zero-order valence-corrected chi connectivity index (χ0v) is 13.7. The highest BCUT2D eigenvalue weighted by Gasteiger charge is 2.37. The van der Waals surface area contributed by atoms with Crippen LogP contribution >= 0.6 is 0 Å². The van der Waals surface area contributed by atoms with Gasteiger partial charge in [0.25, 0.3) is 0 Å². The first-order valence-corrected chi connectivity index (χ1v) is 8.18. The van der Waals surface area contributed by atoms with Gasteiger partial charge in [0.2, 0.25) is 0 Å². The van der Waals surface area contributed by atoms with Gasteiger partial charge < -0.3 is 20.1 Å². The van der Waals surface area contributed by atoms with E-state index in [1.54, 1.807) is 4.90 Å². The SMILES string of the molecule is CC(C)(C)OC(=O)N1CCC(O)(C[C@@H]2CCCNC2)CC1. The molecule has 2 fully saturated rings. The number of nitrogens with zero attached hydrogens (tertiary/aromatic N) is 1. The van der Waals surface area contributed by atoms with Crippen LogP contribution in [0.1, 0.15) is 52.9 Å². The second-order valence-corrected chi connectivity index (χ2v) is 7.61. The molecule has 5 nitrogen and oxygen atoms in total. The number of amides is 1. The maximum Gasteiger partial charge on any atom is 0.410 e. The fraction of sp³-hybridized carbons (Fsp3) is 0.938. The molecule has 5 heteroatoms. The largest absolute Gasteiger partial charge is 0.444 e. The van der Waals surface area contributed by atoms with Crippen LogP contribution in [0.4, 0.5) is 4.79 Å². The van der Waals surface area contributed by atoms with Gasteiger partial charge in [0.1, 0.15) is 5.60 Å². The van der Waals surface area contributed by atoms with Gasteiger partial charge in [0.15, 0.2) is 0 Å². The first-order valence-electron chi connectivity index (χ1n) is 8.18. The third-order valence-electron chi connectivity index (χ3n) is 4.41. The summed E-state index contributed by atoms with van der Waals surface area (Å²) in [5.74, 6) is 0.567. The zero-order chi connectivity index (χ0) is 15.5. The van der Waals surface area contributed by atoms with Gasteiger partial charge in [-0.15, -0.1) is 0 Å². The Kier molecular flexibility index (Phi) is 5.15. The van der Waals surface area contributed by atoms with Gasteiger partial charge >= 0.3 is 6.09 Å². The van der Waals surface area contributed by atoms with Crippen LogP contribution in [0.15, 0.2) is 0 Å². The van der Waals surface area contributed by atoms with Gasteiger partial charge in [-0.25, -0.2) is 4.79 Å². The van der Waals surface area contributed by atoms with Crippen LogP contribution in [0, 0.1) is 5.92 Å². The highest BCUT2D eigenvalue weighted by Crippen LogP contribution is 2.31. The van der Waals surface area contributed by atoms with Gasteiger partial charge in [0, 0.05) is 13.1 Å². The molecular formula is C16H30N2O3. The first kappa shape index (κ1) is 16.6. The number of hydrogen-bond donors (Lipinski definition) is 2. The van der Waals surface area contributed by atoms with Crippen LogP contribution in [0.2, 0.25) is 0 Å². The lowest BCUT2D eigenvalue weighted by Crippen LogP contribution is -2.49. The average Bonchev–Trinajstić information content (AvgIpc) is 2.38. The first-order chi connectivity index (χ1) is 9.77. The van der Waals surface area contributed by atoms with E-state index in [0.29, 0.717) is 31.8 Å². The van der Waals surface area contributed by atoms with Gasteiger partial charge in [-0.1, -0.05) is 0 Å². The minimum atomic E-state index is -0.609. The molecule has 2 heterocycles. The Morgan fingerprint density at radius 2 is 2.05 bits per heavy atom. The lowest BCUT2D eigenvalue weighted by atomic mass is 9.80. The van der Waals surface area contributed by atoms with Crippen molar-refractivity contribution in [3.8, 4) is 0 Å². The zero-order valence-electron chi connectivity index (χ0n) is 13.7. The highest BCUT2D eigenvalue weighted by atomic mass is 16.6. The summed E-state index contributed by atoms with van der Waals surface area (Å²) >= 11 is 0. The monoisotopic (exact) mass is 298 g/mol. The Morgan fingerprint density at radius 1 is 1.38 bits per heavy atom. The number of ether oxygens (including phenoxy) is 1. The van der Waals surface area contributed by atoms with Gasteiger partial charge in [0.05, 0.1) is 5.60 Å². The molecule has 1 atom stereocenters. The smallest absolute Gasteiger partial charge is 0.410 e. The molecule has 0 bridgehead atoms. The minimum absolute atomic E-state index is 0.260. The number of nitrogens with one attached hydrogen (secondary N) is 1. The summed E-state index contributed by atoms with van der Waals surface area (Å²) in [6.07, 6.45) is 4.30.